The molecule has 0 aliphatic carbocycles. The first-order chi connectivity index (χ1) is 9.97. The maximum absolute atomic E-state index is 13.8. The lowest BCUT2D eigenvalue weighted by Gasteiger charge is -2.18. The molecule has 22 heavy (non-hydrogen) atoms. The summed E-state index contributed by atoms with van der Waals surface area (Å²) in [4.78, 5) is 23.2. The van der Waals surface area contributed by atoms with Crippen LogP contribution in [0.25, 0.3) is 0 Å². The van der Waals surface area contributed by atoms with Crippen LogP contribution in [-0.4, -0.2) is 32.4 Å². The van der Waals surface area contributed by atoms with Gasteiger partial charge in [-0.15, -0.1) is 0 Å². The van der Waals surface area contributed by atoms with Gasteiger partial charge in [-0.3, -0.25) is 4.79 Å². The van der Waals surface area contributed by atoms with Crippen LogP contribution in [0.5, 0.6) is 0 Å². The fourth-order valence-electron chi connectivity index (χ4n) is 2.06. The molecule has 0 fully saturated rings. The highest BCUT2D eigenvalue weighted by atomic mass is 28.3. The summed E-state index contributed by atoms with van der Waals surface area (Å²) in [5, 5.41) is 0. The number of rotatable bonds is 6. The average molecular weight is 329 g/mol. The van der Waals surface area contributed by atoms with E-state index < -0.39 is 25.7 Å². The van der Waals surface area contributed by atoms with Gasteiger partial charge in [0.25, 0.3) is 0 Å². The standard InChI is InChI=1S/C15H21F2NO3Si/c1-5-21-14(20)15(16,17)13(19)11-6-10(7-12(18)8-11)9-22(2,3)4/h6-8H,5,9,18H2,1-4H3. The number of hydrogen-bond acceptors (Lipinski definition) is 4. The van der Waals surface area contributed by atoms with Crippen molar-refractivity contribution in [1.29, 1.82) is 0 Å². The number of anilines is 1. The molecule has 0 radical (unpaired) electrons. The summed E-state index contributed by atoms with van der Waals surface area (Å²) in [6.45, 7) is 7.52. The second-order valence-electron chi connectivity index (χ2n) is 6.32. The van der Waals surface area contributed by atoms with Crippen LogP contribution in [0, 0.1) is 0 Å². The van der Waals surface area contributed by atoms with Gasteiger partial charge in [-0.2, -0.15) is 8.78 Å². The van der Waals surface area contributed by atoms with E-state index in [-0.39, 0.29) is 17.9 Å². The Labute approximate surface area is 129 Å². The predicted molar refractivity (Wildman–Crippen MR) is 83.8 cm³/mol. The van der Waals surface area contributed by atoms with Crippen LogP contribution in [-0.2, 0) is 15.6 Å². The summed E-state index contributed by atoms with van der Waals surface area (Å²) in [7, 11) is -1.51. The summed E-state index contributed by atoms with van der Waals surface area (Å²) in [6.07, 6.45) is 0. The lowest BCUT2D eigenvalue weighted by Crippen LogP contribution is -2.39. The third kappa shape index (κ3) is 4.62. The molecule has 0 atom stereocenters. The molecule has 1 aromatic carbocycles. The first-order valence-corrected chi connectivity index (χ1v) is 10.7. The first kappa shape index (κ1) is 18.3. The van der Waals surface area contributed by atoms with E-state index in [2.05, 4.69) is 24.4 Å². The van der Waals surface area contributed by atoms with Gasteiger partial charge in [0.15, 0.2) is 0 Å². The molecule has 122 valence electrons. The van der Waals surface area contributed by atoms with Crippen LogP contribution in [0.4, 0.5) is 14.5 Å². The first-order valence-electron chi connectivity index (χ1n) is 6.96. The molecular weight excluding hydrogens is 308 g/mol. The van der Waals surface area contributed by atoms with Gasteiger partial charge in [0.05, 0.1) is 6.61 Å². The topological polar surface area (TPSA) is 69.4 Å². The number of ether oxygens (including phenoxy) is 1. The number of nitrogen functional groups attached to an aromatic ring is 1. The van der Waals surface area contributed by atoms with Gasteiger partial charge in [-0.05, 0) is 36.7 Å². The SMILES string of the molecule is CCOC(=O)C(F)(F)C(=O)c1cc(N)cc(C[Si](C)(C)C)c1. The monoisotopic (exact) mass is 329 g/mol. The smallest absolute Gasteiger partial charge is 0.404 e. The summed E-state index contributed by atoms with van der Waals surface area (Å²) in [5.74, 6) is -7.63. The van der Waals surface area contributed by atoms with E-state index >= 15 is 0 Å². The number of ketones is 1. The average Bonchev–Trinajstić information content (AvgIpc) is 2.35. The number of nitrogens with two attached hydrogens (primary N) is 1. The van der Waals surface area contributed by atoms with Gasteiger partial charge in [0.1, 0.15) is 0 Å². The zero-order chi connectivity index (χ0) is 17.1. The summed E-state index contributed by atoms with van der Waals surface area (Å²) in [5.41, 5.74) is 6.37. The molecule has 7 heteroatoms. The molecular formula is C15H21F2NO3Si. The van der Waals surface area contributed by atoms with Crippen molar-refractivity contribution in [1.82, 2.24) is 0 Å². The molecule has 0 saturated heterocycles. The minimum atomic E-state index is -4.21. The van der Waals surface area contributed by atoms with E-state index in [9.17, 15) is 18.4 Å². The lowest BCUT2D eigenvalue weighted by molar-refractivity contribution is -0.164. The number of alkyl halides is 2. The molecule has 0 aromatic heterocycles. The van der Waals surface area contributed by atoms with Gasteiger partial charge >= 0.3 is 11.9 Å². The summed E-state index contributed by atoms with van der Waals surface area (Å²) < 4.78 is 31.9. The van der Waals surface area contributed by atoms with Crippen LogP contribution in [0.1, 0.15) is 22.8 Å². The highest BCUT2D eigenvalue weighted by molar-refractivity contribution is 6.75. The van der Waals surface area contributed by atoms with Crippen molar-refractivity contribution >= 4 is 25.5 Å². The molecule has 0 aliphatic rings. The minimum Gasteiger partial charge on any atom is -0.461 e. The fourth-order valence-corrected chi connectivity index (χ4v) is 3.49. The largest absolute Gasteiger partial charge is 0.461 e. The van der Waals surface area contributed by atoms with Gasteiger partial charge in [-0.25, -0.2) is 4.79 Å². The van der Waals surface area contributed by atoms with Crippen molar-refractivity contribution in [3.63, 3.8) is 0 Å². The maximum Gasteiger partial charge on any atom is 0.404 e. The Bertz CT molecular complexity index is 583. The third-order valence-electron chi connectivity index (χ3n) is 2.83. The second kappa shape index (κ2) is 6.56. The fraction of sp³-hybridized carbons (Fsp3) is 0.467. The van der Waals surface area contributed by atoms with E-state index in [1.807, 2.05) is 0 Å². The maximum atomic E-state index is 13.8. The van der Waals surface area contributed by atoms with E-state index in [1.165, 1.54) is 13.0 Å². The molecule has 0 saturated carbocycles. The predicted octanol–water partition coefficient (Wildman–Crippen LogP) is 3.07. The zero-order valence-electron chi connectivity index (χ0n) is 13.2. The number of benzene rings is 1. The molecule has 4 nitrogen and oxygen atoms in total. The molecule has 2 N–H and O–H groups in total. The summed E-state index contributed by atoms with van der Waals surface area (Å²) in [6, 6.07) is 4.90. The van der Waals surface area contributed by atoms with Crippen LogP contribution in [0.2, 0.25) is 19.6 Å². The number of halogens is 2. The van der Waals surface area contributed by atoms with E-state index in [1.54, 1.807) is 6.07 Å². The lowest BCUT2D eigenvalue weighted by atomic mass is 10.0. The van der Waals surface area contributed by atoms with Crippen LogP contribution >= 0.6 is 0 Å². The molecule has 0 aliphatic heterocycles. The number of carbonyl (C=O) groups is 2. The molecule has 0 bridgehead atoms. The molecule has 0 heterocycles. The quantitative estimate of drug-likeness (QED) is 0.286. The number of Topliss-reactive ketones (excluding diaryl/α,β-unsaturated/α-hetero) is 1. The van der Waals surface area contributed by atoms with Crippen molar-refractivity contribution < 1.29 is 23.1 Å². The number of esters is 1. The Hall–Kier alpha value is -1.76. The van der Waals surface area contributed by atoms with Crippen molar-refractivity contribution in [3.05, 3.63) is 29.3 Å². The Morgan fingerprint density at radius 2 is 1.82 bits per heavy atom. The highest BCUT2D eigenvalue weighted by Crippen LogP contribution is 2.25. The second-order valence-corrected chi connectivity index (χ2v) is 11.8. The van der Waals surface area contributed by atoms with Crippen molar-refractivity contribution in [2.24, 2.45) is 0 Å². The van der Waals surface area contributed by atoms with Gasteiger partial charge in [0, 0.05) is 19.3 Å². The summed E-state index contributed by atoms with van der Waals surface area (Å²) >= 11 is 0. The van der Waals surface area contributed by atoms with Crippen molar-refractivity contribution in [3.8, 4) is 0 Å². The van der Waals surface area contributed by atoms with Crippen LogP contribution < -0.4 is 5.73 Å². The molecule has 0 amide bonds. The Kier molecular flexibility index (Phi) is 5.45. The Morgan fingerprint density at radius 1 is 1.23 bits per heavy atom. The van der Waals surface area contributed by atoms with Gasteiger partial charge in [0.2, 0.25) is 5.78 Å². The van der Waals surface area contributed by atoms with Crippen LogP contribution in [0.3, 0.4) is 0 Å². The molecule has 0 spiro atoms. The molecule has 1 rings (SSSR count). The zero-order valence-corrected chi connectivity index (χ0v) is 14.2. The van der Waals surface area contributed by atoms with Crippen molar-refractivity contribution in [2.75, 3.05) is 12.3 Å². The Morgan fingerprint density at radius 3 is 2.32 bits per heavy atom. The highest BCUT2D eigenvalue weighted by Gasteiger charge is 2.49. The number of hydrogen-bond donors (Lipinski definition) is 1. The van der Waals surface area contributed by atoms with E-state index in [0.717, 1.165) is 11.6 Å². The van der Waals surface area contributed by atoms with Gasteiger partial charge in [-0.1, -0.05) is 19.6 Å². The molecule has 1 aromatic rings. The van der Waals surface area contributed by atoms with E-state index in [0.29, 0.717) is 6.04 Å². The normalized spacial score (nSPS) is 12.1. The van der Waals surface area contributed by atoms with Crippen molar-refractivity contribution in [2.45, 2.75) is 38.5 Å². The third-order valence-corrected chi connectivity index (χ3v) is 4.30. The Balaban J connectivity index is 3.15. The number of carbonyl (C=O) groups excluding carboxylic acids is 2. The molecule has 0 unspecified atom stereocenters. The minimum absolute atomic E-state index is 0.221. The van der Waals surface area contributed by atoms with Gasteiger partial charge < -0.3 is 10.5 Å². The van der Waals surface area contributed by atoms with Crippen LogP contribution in [0.15, 0.2) is 18.2 Å². The van der Waals surface area contributed by atoms with E-state index in [4.69, 9.17) is 5.73 Å².